The fourth-order valence-corrected chi connectivity index (χ4v) is 2.03. The molecule has 5 heteroatoms. The van der Waals surface area contributed by atoms with Crippen molar-refractivity contribution in [2.45, 2.75) is 32.4 Å². The number of carboxylic acids is 1. The molecule has 104 valence electrons. The van der Waals surface area contributed by atoms with E-state index in [0.29, 0.717) is 5.75 Å². The molecule has 1 N–H and O–H groups in total. The molecule has 1 heterocycles. The predicted molar refractivity (Wildman–Crippen MR) is 70.5 cm³/mol. The first kappa shape index (κ1) is 13.7. The first-order valence-electron chi connectivity index (χ1n) is 6.20. The van der Waals surface area contributed by atoms with Gasteiger partial charge in [-0.25, -0.2) is 0 Å². The predicted octanol–water partition coefficient (Wildman–Crippen LogP) is 2.27. The quantitative estimate of drug-likeness (QED) is 0.905. The molecule has 0 amide bonds. The third kappa shape index (κ3) is 2.38. The zero-order valence-electron chi connectivity index (χ0n) is 11.6. The number of nitrogens with zero attached hydrogens (tertiary/aromatic N) is 1. The number of aliphatic carboxylic acids is 1. The van der Waals surface area contributed by atoms with E-state index in [0.717, 1.165) is 11.3 Å². The van der Waals surface area contributed by atoms with Crippen LogP contribution in [0, 0.1) is 0 Å². The maximum Gasteiger partial charge on any atom is 0.323 e. The maximum absolute atomic E-state index is 11.3. The molecule has 2 rings (SSSR count). The van der Waals surface area contributed by atoms with Crippen LogP contribution in [-0.4, -0.2) is 35.4 Å². The van der Waals surface area contributed by atoms with E-state index >= 15 is 0 Å². The highest BCUT2D eigenvalue weighted by molar-refractivity contribution is 5.77. The second kappa shape index (κ2) is 4.74. The molecule has 1 aliphatic heterocycles. The second-order valence-electron chi connectivity index (χ2n) is 5.26. The van der Waals surface area contributed by atoms with Crippen LogP contribution in [0.25, 0.3) is 0 Å². The number of carbonyl (C=O) groups is 1. The fraction of sp³-hybridized carbons (Fsp3) is 0.500. The molecule has 0 fully saturated rings. The van der Waals surface area contributed by atoms with Crippen molar-refractivity contribution in [1.82, 2.24) is 4.90 Å². The van der Waals surface area contributed by atoms with Crippen molar-refractivity contribution >= 4 is 5.97 Å². The van der Waals surface area contributed by atoms with Gasteiger partial charge in [0.2, 0.25) is 6.79 Å². The van der Waals surface area contributed by atoms with Gasteiger partial charge >= 0.3 is 5.97 Å². The number of hydrogen-bond donors (Lipinski definition) is 1. The standard InChI is InChI=1S/C14H19NO4/c1-9(15(4)14(2,3)13(16)17)10-5-6-11-12(7-10)19-8-18-11/h5-7,9H,8H2,1-4H3,(H,16,17). The Kier molecular flexibility index (Phi) is 3.41. The molecular weight excluding hydrogens is 246 g/mol. The van der Waals surface area contributed by atoms with Crippen LogP contribution in [0.2, 0.25) is 0 Å². The average Bonchev–Trinajstić information content (AvgIpc) is 2.83. The van der Waals surface area contributed by atoms with Gasteiger partial charge in [0.1, 0.15) is 5.54 Å². The van der Waals surface area contributed by atoms with Gasteiger partial charge in [0.05, 0.1) is 0 Å². The number of benzene rings is 1. The van der Waals surface area contributed by atoms with E-state index in [2.05, 4.69) is 0 Å². The molecule has 0 aromatic heterocycles. The summed E-state index contributed by atoms with van der Waals surface area (Å²) in [5.74, 6) is 0.601. The van der Waals surface area contributed by atoms with Gasteiger partial charge in [0.15, 0.2) is 11.5 Å². The number of carboxylic acid groups (broad SMARTS) is 1. The second-order valence-corrected chi connectivity index (χ2v) is 5.26. The fourth-order valence-electron chi connectivity index (χ4n) is 2.03. The van der Waals surface area contributed by atoms with Crippen LogP contribution in [0.1, 0.15) is 32.4 Å². The third-order valence-electron chi connectivity index (χ3n) is 3.87. The molecule has 19 heavy (non-hydrogen) atoms. The van der Waals surface area contributed by atoms with Crippen molar-refractivity contribution in [1.29, 1.82) is 0 Å². The topological polar surface area (TPSA) is 59.0 Å². The lowest BCUT2D eigenvalue weighted by molar-refractivity contribution is -0.149. The molecule has 5 nitrogen and oxygen atoms in total. The van der Waals surface area contributed by atoms with E-state index in [1.807, 2.05) is 37.1 Å². The zero-order valence-corrected chi connectivity index (χ0v) is 11.6. The van der Waals surface area contributed by atoms with Crippen LogP contribution in [0.5, 0.6) is 11.5 Å². The number of rotatable bonds is 4. The van der Waals surface area contributed by atoms with E-state index in [-0.39, 0.29) is 12.8 Å². The van der Waals surface area contributed by atoms with Crippen LogP contribution in [-0.2, 0) is 4.79 Å². The van der Waals surface area contributed by atoms with Gasteiger partial charge < -0.3 is 14.6 Å². The van der Waals surface area contributed by atoms with Crippen LogP contribution in [0.3, 0.4) is 0 Å². The van der Waals surface area contributed by atoms with E-state index in [1.165, 1.54) is 0 Å². The molecule has 0 bridgehead atoms. The summed E-state index contributed by atoms with van der Waals surface area (Å²) in [6, 6.07) is 5.66. The van der Waals surface area contributed by atoms with Crippen LogP contribution in [0.15, 0.2) is 18.2 Å². The Bertz CT molecular complexity index is 498. The van der Waals surface area contributed by atoms with Gasteiger partial charge in [-0.3, -0.25) is 9.69 Å². The SMILES string of the molecule is CC(c1ccc2c(c1)OCO2)N(C)C(C)(C)C(=O)O. The minimum absolute atomic E-state index is 0.0411. The monoisotopic (exact) mass is 265 g/mol. The normalized spacial score (nSPS) is 15.6. The minimum atomic E-state index is -0.935. The molecular formula is C14H19NO4. The Morgan fingerprint density at radius 1 is 1.37 bits per heavy atom. The molecule has 1 aromatic rings. The Morgan fingerprint density at radius 3 is 2.63 bits per heavy atom. The van der Waals surface area contributed by atoms with Crippen molar-refractivity contribution in [2.75, 3.05) is 13.8 Å². The molecule has 0 saturated carbocycles. The van der Waals surface area contributed by atoms with Crippen molar-refractivity contribution in [3.63, 3.8) is 0 Å². The summed E-state index contributed by atoms with van der Waals surface area (Å²) < 4.78 is 10.6. The van der Waals surface area contributed by atoms with Crippen molar-refractivity contribution in [3.8, 4) is 11.5 Å². The molecule has 1 unspecified atom stereocenters. The van der Waals surface area contributed by atoms with Crippen molar-refractivity contribution in [2.24, 2.45) is 0 Å². The van der Waals surface area contributed by atoms with Gasteiger partial charge in [0, 0.05) is 6.04 Å². The van der Waals surface area contributed by atoms with Crippen molar-refractivity contribution < 1.29 is 19.4 Å². The lowest BCUT2D eigenvalue weighted by Gasteiger charge is -2.36. The summed E-state index contributed by atoms with van der Waals surface area (Å²) in [6.07, 6.45) is 0. The van der Waals surface area contributed by atoms with Gasteiger partial charge in [-0.2, -0.15) is 0 Å². The molecule has 1 atom stereocenters. The average molecular weight is 265 g/mol. The van der Waals surface area contributed by atoms with E-state index in [9.17, 15) is 9.90 Å². The molecule has 1 aliphatic rings. The molecule has 1 aromatic carbocycles. The Balaban J connectivity index is 2.24. The largest absolute Gasteiger partial charge is 0.480 e. The van der Waals surface area contributed by atoms with E-state index in [4.69, 9.17) is 9.47 Å². The molecule has 0 aliphatic carbocycles. The summed E-state index contributed by atoms with van der Waals surface area (Å²) >= 11 is 0. The lowest BCUT2D eigenvalue weighted by Crippen LogP contribution is -2.48. The van der Waals surface area contributed by atoms with E-state index < -0.39 is 11.5 Å². The summed E-state index contributed by atoms with van der Waals surface area (Å²) in [5, 5.41) is 9.28. The first-order chi connectivity index (χ1) is 8.84. The Hall–Kier alpha value is -1.75. The van der Waals surface area contributed by atoms with Crippen LogP contribution in [0.4, 0.5) is 0 Å². The number of hydrogen-bond acceptors (Lipinski definition) is 4. The Labute approximate surface area is 112 Å². The van der Waals surface area contributed by atoms with E-state index in [1.54, 1.807) is 13.8 Å². The third-order valence-corrected chi connectivity index (χ3v) is 3.87. The molecule has 0 radical (unpaired) electrons. The van der Waals surface area contributed by atoms with Crippen LogP contribution < -0.4 is 9.47 Å². The smallest absolute Gasteiger partial charge is 0.323 e. The van der Waals surface area contributed by atoms with Crippen molar-refractivity contribution in [3.05, 3.63) is 23.8 Å². The van der Waals surface area contributed by atoms with Gasteiger partial charge in [0.25, 0.3) is 0 Å². The number of likely N-dealkylation sites (N-methyl/N-ethyl adjacent to an activating group) is 1. The van der Waals surface area contributed by atoms with Crippen LogP contribution >= 0.6 is 0 Å². The summed E-state index contributed by atoms with van der Waals surface area (Å²) in [7, 11) is 1.81. The van der Waals surface area contributed by atoms with Gasteiger partial charge in [-0.05, 0) is 45.5 Å². The Morgan fingerprint density at radius 2 is 2.00 bits per heavy atom. The summed E-state index contributed by atoms with van der Waals surface area (Å²) in [4.78, 5) is 13.1. The summed E-state index contributed by atoms with van der Waals surface area (Å²) in [6.45, 7) is 5.60. The molecule has 0 spiro atoms. The lowest BCUT2D eigenvalue weighted by atomic mass is 9.98. The first-order valence-corrected chi connectivity index (χ1v) is 6.20. The summed E-state index contributed by atoms with van der Waals surface area (Å²) in [5.41, 5.74) is 0.0663. The highest BCUT2D eigenvalue weighted by Crippen LogP contribution is 2.36. The zero-order chi connectivity index (χ0) is 14.2. The number of fused-ring (bicyclic) bond motifs is 1. The minimum Gasteiger partial charge on any atom is -0.480 e. The highest BCUT2D eigenvalue weighted by Gasteiger charge is 2.35. The maximum atomic E-state index is 11.3. The highest BCUT2D eigenvalue weighted by atomic mass is 16.7. The van der Waals surface area contributed by atoms with Gasteiger partial charge in [-0.15, -0.1) is 0 Å². The number of ether oxygens (including phenoxy) is 2. The molecule has 0 saturated heterocycles. The van der Waals surface area contributed by atoms with Gasteiger partial charge in [-0.1, -0.05) is 6.07 Å².